The average Bonchev–Trinajstić information content (AvgIpc) is 3.44. The van der Waals surface area contributed by atoms with Gasteiger partial charge >= 0.3 is 6.03 Å². The molecule has 3 aliphatic rings. The van der Waals surface area contributed by atoms with Gasteiger partial charge in [0.2, 0.25) is 0 Å². The fourth-order valence-electron chi connectivity index (χ4n) is 5.05. The number of ether oxygens (including phenoxy) is 1. The first-order valence-corrected chi connectivity index (χ1v) is 11.1. The molecule has 1 aromatic heterocycles. The molecule has 0 aliphatic carbocycles. The third-order valence-corrected chi connectivity index (χ3v) is 6.77. The normalized spacial score (nSPS) is 24.5. The second-order valence-corrected chi connectivity index (χ2v) is 9.17. The second-order valence-electron chi connectivity index (χ2n) is 8.74. The van der Waals surface area contributed by atoms with Gasteiger partial charge in [-0.05, 0) is 42.0 Å². The van der Waals surface area contributed by atoms with Crippen LogP contribution in [-0.2, 0) is 11.3 Å². The minimum Gasteiger partial charge on any atom is -0.378 e. The van der Waals surface area contributed by atoms with Crippen LogP contribution in [0.15, 0.2) is 30.6 Å². The largest absolute Gasteiger partial charge is 0.378 e. The molecule has 2 atom stereocenters. The zero-order valence-electron chi connectivity index (χ0n) is 17.3. The molecule has 2 unspecified atom stereocenters. The van der Waals surface area contributed by atoms with Gasteiger partial charge in [0.25, 0.3) is 0 Å². The summed E-state index contributed by atoms with van der Waals surface area (Å²) < 4.78 is 6.98. The summed E-state index contributed by atoms with van der Waals surface area (Å²) in [6.45, 7) is 9.89. The lowest BCUT2D eigenvalue weighted by molar-refractivity contribution is 0.122. The number of likely N-dealkylation sites (tertiary alicyclic amines) is 2. The van der Waals surface area contributed by atoms with Crippen molar-refractivity contribution in [1.82, 2.24) is 19.6 Å². The molecule has 8 heteroatoms. The number of aromatic nitrogens is 2. The Morgan fingerprint density at radius 3 is 2.57 bits per heavy atom. The summed E-state index contributed by atoms with van der Waals surface area (Å²) in [4.78, 5) is 19.6. The number of morpholine rings is 1. The first kappa shape index (κ1) is 19.8. The SMILES string of the molecule is Cc1cnn(C(=O)N2CC3CN(Cc4ccc(Cl)cc4N4CCOCC4)CC3C2)c1. The van der Waals surface area contributed by atoms with E-state index < -0.39 is 0 Å². The minimum absolute atomic E-state index is 0.00338. The molecular formula is C22H28ClN5O2. The van der Waals surface area contributed by atoms with Crippen LogP contribution in [0.3, 0.4) is 0 Å². The molecule has 30 heavy (non-hydrogen) atoms. The van der Waals surface area contributed by atoms with Crippen LogP contribution in [0, 0.1) is 18.8 Å². The number of hydrogen-bond acceptors (Lipinski definition) is 5. The average molecular weight is 430 g/mol. The van der Waals surface area contributed by atoms with Gasteiger partial charge in [0.15, 0.2) is 0 Å². The van der Waals surface area contributed by atoms with E-state index in [0.717, 1.165) is 69.6 Å². The molecule has 3 fully saturated rings. The molecule has 0 saturated carbocycles. The quantitative estimate of drug-likeness (QED) is 0.750. The van der Waals surface area contributed by atoms with Crippen LogP contribution in [0.1, 0.15) is 11.1 Å². The molecule has 3 aliphatic heterocycles. The van der Waals surface area contributed by atoms with Gasteiger partial charge < -0.3 is 14.5 Å². The van der Waals surface area contributed by atoms with E-state index in [4.69, 9.17) is 16.3 Å². The lowest BCUT2D eigenvalue weighted by Gasteiger charge is -2.32. The van der Waals surface area contributed by atoms with Crippen LogP contribution in [-0.4, -0.2) is 78.1 Å². The summed E-state index contributed by atoms with van der Waals surface area (Å²) in [5.74, 6) is 1.06. The number of anilines is 1. The first-order valence-electron chi connectivity index (χ1n) is 10.7. The summed E-state index contributed by atoms with van der Waals surface area (Å²) >= 11 is 6.31. The molecule has 1 amide bonds. The number of aryl methyl sites for hydroxylation is 1. The molecule has 1 aromatic carbocycles. The predicted octanol–water partition coefficient (Wildman–Crippen LogP) is 2.71. The molecule has 0 spiro atoms. The summed E-state index contributed by atoms with van der Waals surface area (Å²) in [5, 5.41) is 4.96. The van der Waals surface area contributed by atoms with E-state index in [-0.39, 0.29) is 6.03 Å². The van der Waals surface area contributed by atoms with E-state index in [9.17, 15) is 4.79 Å². The summed E-state index contributed by atoms with van der Waals surface area (Å²) in [6.07, 6.45) is 3.53. The van der Waals surface area contributed by atoms with Crippen molar-refractivity contribution in [3.05, 3.63) is 46.7 Å². The van der Waals surface area contributed by atoms with Crippen LogP contribution in [0.5, 0.6) is 0 Å². The van der Waals surface area contributed by atoms with Crippen molar-refractivity contribution in [3.8, 4) is 0 Å². The molecule has 0 radical (unpaired) electrons. The first-order chi connectivity index (χ1) is 14.6. The van der Waals surface area contributed by atoms with Crippen LogP contribution in [0.2, 0.25) is 5.02 Å². The third-order valence-electron chi connectivity index (χ3n) is 6.53. The predicted molar refractivity (Wildman–Crippen MR) is 116 cm³/mol. The van der Waals surface area contributed by atoms with E-state index in [2.05, 4.69) is 27.0 Å². The van der Waals surface area contributed by atoms with Gasteiger partial charge in [-0.2, -0.15) is 9.78 Å². The van der Waals surface area contributed by atoms with Crippen molar-refractivity contribution in [1.29, 1.82) is 0 Å². The number of hydrogen-bond donors (Lipinski definition) is 0. The molecule has 3 saturated heterocycles. The topological polar surface area (TPSA) is 53.8 Å². The number of nitrogens with zero attached hydrogens (tertiary/aromatic N) is 5. The lowest BCUT2D eigenvalue weighted by Crippen LogP contribution is -2.38. The van der Waals surface area contributed by atoms with E-state index in [1.807, 2.05) is 17.9 Å². The fraction of sp³-hybridized carbons (Fsp3) is 0.545. The van der Waals surface area contributed by atoms with E-state index in [1.54, 1.807) is 12.4 Å². The molecule has 7 nitrogen and oxygen atoms in total. The van der Waals surface area contributed by atoms with Gasteiger partial charge in [0.05, 0.1) is 19.4 Å². The maximum absolute atomic E-state index is 12.7. The monoisotopic (exact) mass is 429 g/mol. The Morgan fingerprint density at radius 2 is 1.90 bits per heavy atom. The van der Waals surface area contributed by atoms with E-state index in [1.165, 1.54) is 15.9 Å². The highest BCUT2D eigenvalue weighted by atomic mass is 35.5. The number of amides is 1. The van der Waals surface area contributed by atoms with Crippen LogP contribution < -0.4 is 4.90 Å². The van der Waals surface area contributed by atoms with Crippen LogP contribution in [0.4, 0.5) is 10.5 Å². The standard InChI is InChI=1S/C22H28ClN5O2/c1-16-9-24-28(10-16)22(29)27-14-18-12-25(13-19(18)15-27)11-17-2-3-20(23)8-21(17)26-4-6-30-7-5-26/h2-3,8-10,18-19H,4-7,11-15H2,1H3. The van der Waals surface area contributed by atoms with Gasteiger partial charge in [-0.1, -0.05) is 17.7 Å². The Labute approximate surface area is 182 Å². The van der Waals surface area contributed by atoms with E-state index >= 15 is 0 Å². The Kier molecular flexibility index (Phi) is 5.43. The van der Waals surface area contributed by atoms with Gasteiger partial charge in [-0.15, -0.1) is 0 Å². The summed E-state index contributed by atoms with van der Waals surface area (Å²) in [5.41, 5.74) is 3.56. The lowest BCUT2D eigenvalue weighted by atomic mass is 10.0. The number of rotatable bonds is 3. The Morgan fingerprint density at radius 1 is 1.17 bits per heavy atom. The molecule has 2 aromatic rings. The van der Waals surface area contributed by atoms with Crippen molar-refractivity contribution >= 4 is 23.3 Å². The van der Waals surface area contributed by atoms with Gasteiger partial charge in [0, 0.05) is 62.7 Å². The Balaban J connectivity index is 1.23. The van der Waals surface area contributed by atoms with Gasteiger partial charge in [0.1, 0.15) is 0 Å². The van der Waals surface area contributed by atoms with E-state index in [0.29, 0.717) is 11.8 Å². The van der Waals surface area contributed by atoms with Crippen molar-refractivity contribution < 1.29 is 9.53 Å². The summed E-state index contributed by atoms with van der Waals surface area (Å²) in [6, 6.07) is 6.24. The van der Waals surface area contributed by atoms with Crippen LogP contribution in [0.25, 0.3) is 0 Å². The number of benzene rings is 1. The van der Waals surface area contributed by atoms with Gasteiger partial charge in [-0.3, -0.25) is 4.90 Å². The number of halogens is 1. The van der Waals surface area contributed by atoms with Crippen molar-refractivity contribution in [2.45, 2.75) is 13.5 Å². The van der Waals surface area contributed by atoms with Crippen molar-refractivity contribution in [2.24, 2.45) is 11.8 Å². The second kappa shape index (κ2) is 8.21. The third kappa shape index (κ3) is 3.94. The number of carbonyl (C=O) groups excluding carboxylic acids is 1. The van der Waals surface area contributed by atoms with Crippen LogP contribution >= 0.6 is 11.6 Å². The molecule has 4 heterocycles. The Hall–Kier alpha value is -2.09. The Bertz CT molecular complexity index is 912. The maximum atomic E-state index is 12.7. The minimum atomic E-state index is -0.00338. The summed E-state index contributed by atoms with van der Waals surface area (Å²) in [7, 11) is 0. The molecular weight excluding hydrogens is 402 g/mol. The number of carbonyl (C=O) groups is 1. The fourth-order valence-corrected chi connectivity index (χ4v) is 5.21. The zero-order chi connectivity index (χ0) is 20.7. The number of fused-ring (bicyclic) bond motifs is 1. The zero-order valence-corrected chi connectivity index (χ0v) is 18.1. The van der Waals surface area contributed by atoms with Crippen molar-refractivity contribution in [2.75, 3.05) is 57.4 Å². The molecule has 160 valence electrons. The highest BCUT2D eigenvalue weighted by Crippen LogP contribution is 2.34. The molecule has 0 N–H and O–H groups in total. The molecule has 5 rings (SSSR count). The molecule has 0 bridgehead atoms. The smallest absolute Gasteiger partial charge is 0.344 e. The highest BCUT2D eigenvalue weighted by Gasteiger charge is 2.42. The van der Waals surface area contributed by atoms with Crippen molar-refractivity contribution in [3.63, 3.8) is 0 Å². The maximum Gasteiger partial charge on any atom is 0.344 e. The van der Waals surface area contributed by atoms with Gasteiger partial charge in [-0.25, -0.2) is 4.79 Å². The highest BCUT2D eigenvalue weighted by molar-refractivity contribution is 6.30.